The highest BCUT2D eigenvalue weighted by Crippen LogP contribution is 2.25. The molecule has 0 atom stereocenters. The Labute approximate surface area is 148 Å². The van der Waals surface area contributed by atoms with E-state index in [1.54, 1.807) is 19.2 Å². The van der Waals surface area contributed by atoms with Crippen LogP contribution >= 0.6 is 0 Å². The molecule has 0 fully saturated rings. The van der Waals surface area contributed by atoms with Gasteiger partial charge in [-0.3, -0.25) is 4.79 Å². The van der Waals surface area contributed by atoms with Crippen molar-refractivity contribution in [2.75, 3.05) is 26.9 Å². The first kappa shape index (κ1) is 18.6. The molecule has 2 aromatic rings. The molecule has 0 aliphatic rings. The van der Waals surface area contributed by atoms with E-state index >= 15 is 0 Å². The highest BCUT2D eigenvalue weighted by Gasteiger charge is 2.06. The molecule has 5 heteroatoms. The van der Waals surface area contributed by atoms with Gasteiger partial charge in [0.15, 0.2) is 18.1 Å². The van der Waals surface area contributed by atoms with Crippen LogP contribution in [0.1, 0.15) is 25.3 Å². The molecule has 0 aliphatic heterocycles. The summed E-state index contributed by atoms with van der Waals surface area (Å²) in [5.74, 6) is 2.23. The lowest BCUT2D eigenvalue weighted by molar-refractivity contribution is -0.123. The third kappa shape index (κ3) is 6.03. The molecule has 0 saturated carbocycles. The maximum atomic E-state index is 11.8. The van der Waals surface area contributed by atoms with Crippen LogP contribution in [0.2, 0.25) is 0 Å². The Morgan fingerprint density at radius 1 is 1.00 bits per heavy atom. The number of benzene rings is 2. The summed E-state index contributed by atoms with van der Waals surface area (Å²) < 4.78 is 16.2. The molecule has 0 heterocycles. The van der Waals surface area contributed by atoms with Gasteiger partial charge in [0, 0.05) is 0 Å². The fraction of sp³-hybridized carbons (Fsp3) is 0.350. The third-order valence-corrected chi connectivity index (χ3v) is 3.67. The number of amides is 1. The predicted molar refractivity (Wildman–Crippen MR) is 97.5 cm³/mol. The van der Waals surface area contributed by atoms with Gasteiger partial charge >= 0.3 is 0 Å². The van der Waals surface area contributed by atoms with Gasteiger partial charge in [-0.05, 0) is 35.7 Å². The van der Waals surface area contributed by atoms with Gasteiger partial charge in [-0.25, -0.2) is 0 Å². The lowest BCUT2D eigenvalue weighted by Crippen LogP contribution is -2.32. The molecule has 5 nitrogen and oxygen atoms in total. The lowest BCUT2D eigenvalue weighted by Gasteiger charge is -2.11. The van der Waals surface area contributed by atoms with Crippen LogP contribution < -0.4 is 19.5 Å². The standard InChI is InChI=1S/C20H25NO4/c1-15(2)16-8-10-17(11-9-16)24-13-12-21-20(22)14-25-19-7-5-4-6-18(19)23-3/h4-11,15H,12-14H2,1-3H3,(H,21,22). The summed E-state index contributed by atoms with van der Waals surface area (Å²) in [7, 11) is 1.56. The first-order valence-electron chi connectivity index (χ1n) is 8.35. The smallest absolute Gasteiger partial charge is 0.258 e. The van der Waals surface area contributed by atoms with Crippen molar-refractivity contribution in [3.8, 4) is 17.2 Å². The second-order valence-corrected chi connectivity index (χ2v) is 5.86. The van der Waals surface area contributed by atoms with Crippen molar-refractivity contribution < 1.29 is 19.0 Å². The quantitative estimate of drug-likeness (QED) is 0.709. The Balaban J connectivity index is 1.67. The van der Waals surface area contributed by atoms with E-state index in [0.29, 0.717) is 30.6 Å². The van der Waals surface area contributed by atoms with E-state index in [4.69, 9.17) is 14.2 Å². The number of carbonyl (C=O) groups excluding carboxylic acids is 1. The van der Waals surface area contributed by atoms with Gasteiger partial charge in [-0.1, -0.05) is 38.1 Å². The number of hydrogen-bond acceptors (Lipinski definition) is 4. The molecule has 25 heavy (non-hydrogen) atoms. The maximum absolute atomic E-state index is 11.8. The van der Waals surface area contributed by atoms with Gasteiger partial charge in [-0.15, -0.1) is 0 Å². The molecule has 1 N–H and O–H groups in total. The minimum atomic E-state index is -0.204. The van der Waals surface area contributed by atoms with E-state index in [0.717, 1.165) is 5.75 Å². The maximum Gasteiger partial charge on any atom is 0.258 e. The molecule has 1 amide bonds. The Morgan fingerprint density at radius 2 is 1.68 bits per heavy atom. The van der Waals surface area contributed by atoms with Gasteiger partial charge in [0.25, 0.3) is 5.91 Å². The fourth-order valence-electron chi connectivity index (χ4n) is 2.24. The lowest BCUT2D eigenvalue weighted by atomic mass is 10.0. The number of rotatable bonds is 9. The number of para-hydroxylation sites is 2. The summed E-state index contributed by atoms with van der Waals surface area (Å²) in [5.41, 5.74) is 1.27. The molecule has 2 rings (SSSR count). The van der Waals surface area contributed by atoms with Crippen molar-refractivity contribution >= 4 is 5.91 Å². The normalized spacial score (nSPS) is 10.4. The summed E-state index contributed by atoms with van der Waals surface area (Å²) >= 11 is 0. The second-order valence-electron chi connectivity index (χ2n) is 5.86. The molecule has 134 valence electrons. The van der Waals surface area contributed by atoms with Crippen molar-refractivity contribution in [1.82, 2.24) is 5.32 Å². The Morgan fingerprint density at radius 3 is 2.32 bits per heavy atom. The summed E-state index contributed by atoms with van der Waals surface area (Å²) in [4.78, 5) is 11.8. The van der Waals surface area contributed by atoms with Gasteiger partial charge < -0.3 is 19.5 Å². The monoisotopic (exact) mass is 343 g/mol. The SMILES string of the molecule is COc1ccccc1OCC(=O)NCCOc1ccc(C(C)C)cc1. The second kappa shape index (κ2) is 9.57. The first-order valence-corrected chi connectivity index (χ1v) is 8.35. The van der Waals surface area contributed by atoms with Crippen LogP contribution in [-0.4, -0.2) is 32.8 Å². The van der Waals surface area contributed by atoms with Crippen molar-refractivity contribution in [3.63, 3.8) is 0 Å². The molecule has 0 aliphatic carbocycles. The Hall–Kier alpha value is -2.69. The molecule has 0 unspecified atom stereocenters. The van der Waals surface area contributed by atoms with Crippen LogP contribution in [0.15, 0.2) is 48.5 Å². The number of methoxy groups -OCH3 is 1. The predicted octanol–water partition coefficient (Wildman–Crippen LogP) is 3.39. The van der Waals surface area contributed by atoms with Crippen LogP contribution in [-0.2, 0) is 4.79 Å². The molecular formula is C20H25NO4. The minimum Gasteiger partial charge on any atom is -0.493 e. The minimum absolute atomic E-state index is 0.0660. The van der Waals surface area contributed by atoms with Crippen molar-refractivity contribution in [1.29, 1.82) is 0 Å². The highest BCUT2D eigenvalue weighted by atomic mass is 16.5. The molecule has 0 radical (unpaired) electrons. The topological polar surface area (TPSA) is 56.8 Å². The van der Waals surface area contributed by atoms with E-state index in [1.807, 2.05) is 24.3 Å². The molecule has 0 spiro atoms. The molecule has 0 saturated heterocycles. The summed E-state index contributed by atoms with van der Waals surface area (Å²) in [6, 6.07) is 15.2. The van der Waals surface area contributed by atoms with Crippen LogP contribution in [0.4, 0.5) is 0 Å². The Kier molecular flexibility index (Phi) is 7.14. The van der Waals surface area contributed by atoms with E-state index in [-0.39, 0.29) is 12.5 Å². The van der Waals surface area contributed by atoms with E-state index in [1.165, 1.54) is 5.56 Å². The average Bonchev–Trinajstić information content (AvgIpc) is 2.64. The van der Waals surface area contributed by atoms with Crippen LogP contribution in [0, 0.1) is 0 Å². The molecule has 2 aromatic carbocycles. The first-order chi connectivity index (χ1) is 12.1. The average molecular weight is 343 g/mol. The van der Waals surface area contributed by atoms with E-state index in [9.17, 15) is 4.79 Å². The number of ether oxygens (including phenoxy) is 3. The number of nitrogens with one attached hydrogen (secondary N) is 1. The zero-order valence-corrected chi connectivity index (χ0v) is 15.0. The van der Waals surface area contributed by atoms with Crippen molar-refractivity contribution in [2.45, 2.75) is 19.8 Å². The summed E-state index contributed by atoms with van der Waals surface area (Å²) in [6.07, 6.45) is 0. The molecular weight excluding hydrogens is 318 g/mol. The molecule has 0 bridgehead atoms. The van der Waals surface area contributed by atoms with Gasteiger partial charge in [0.2, 0.25) is 0 Å². The number of hydrogen-bond donors (Lipinski definition) is 1. The zero-order valence-electron chi connectivity index (χ0n) is 15.0. The fourth-order valence-corrected chi connectivity index (χ4v) is 2.24. The zero-order chi connectivity index (χ0) is 18.1. The van der Waals surface area contributed by atoms with Crippen LogP contribution in [0.5, 0.6) is 17.2 Å². The summed E-state index contributed by atoms with van der Waals surface area (Å²) in [5, 5.41) is 2.76. The van der Waals surface area contributed by atoms with E-state index in [2.05, 4.69) is 31.3 Å². The van der Waals surface area contributed by atoms with Gasteiger partial charge in [0.1, 0.15) is 12.4 Å². The largest absolute Gasteiger partial charge is 0.493 e. The number of carbonyl (C=O) groups is 1. The Bertz CT molecular complexity index is 668. The van der Waals surface area contributed by atoms with Crippen molar-refractivity contribution in [3.05, 3.63) is 54.1 Å². The van der Waals surface area contributed by atoms with E-state index < -0.39 is 0 Å². The van der Waals surface area contributed by atoms with Crippen molar-refractivity contribution in [2.24, 2.45) is 0 Å². The van der Waals surface area contributed by atoms with Gasteiger partial charge in [-0.2, -0.15) is 0 Å². The van der Waals surface area contributed by atoms with Gasteiger partial charge in [0.05, 0.1) is 13.7 Å². The highest BCUT2D eigenvalue weighted by molar-refractivity contribution is 5.77. The van der Waals surface area contributed by atoms with Crippen LogP contribution in [0.3, 0.4) is 0 Å². The summed E-state index contributed by atoms with van der Waals surface area (Å²) in [6.45, 7) is 5.06. The molecule has 0 aromatic heterocycles. The third-order valence-electron chi connectivity index (χ3n) is 3.67. The van der Waals surface area contributed by atoms with Crippen LogP contribution in [0.25, 0.3) is 0 Å².